The largest absolute Gasteiger partial charge is 0.394 e. The van der Waals surface area contributed by atoms with E-state index in [1.165, 1.54) is 6.33 Å². The summed E-state index contributed by atoms with van der Waals surface area (Å²) in [6, 6.07) is 16.6. The number of hydrogen-bond donors (Lipinski definition) is 4. The number of anilines is 2. The van der Waals surface area contributed by atoms with Crippen LogP contribution in [0.1, 0.15) is 18.5 Å². The number of carbonyl (C=O) groups excluding carboxylic acids is 1. The minimum Gasteiger partial charge on any atom is -0.394 e. The molecule has 0 fully saturated rings. The van der Waals surface area contributed by atoms with Crippen molar-refractivity contribution in [2.24, 2.45) is 0 Å². The van der Waals surface area contributed by atoms with E-state index in [4.69, 9.17) is 0 Å². The highest BCUT2D eigenvalue weighted by Crippen LogP contribution is 2.26. The predicted molar refractivity (Wildman–Crippen MR) is 119 cm³/mol. The van der Waals surface area contributed by atoms with Crippen LogP contribution in [0.4, 0.5) is 11.5 Å². The summed E-state index contributed by atoms with van der Waals surface area (Å²) in [5.41, 5.74) is 3.56. The van der Waals surface area contributed by atoms with Gasteiger partial charge in [0, 0.05) is 11.3 Å². The fourth-order valence-electron chi connectivity index (χ4n) is 3.14. The summed E-state index contributed by atoms with van der Waals surface area (Å²) in [7, 11) is 0. The Balaban J connectivity index is 1.60. The van der Waals surface area contributed by atoms with Crippen LogP contribution in [0.15, 0.2) is 60.9 Å². The molecule has 0 radical (unpaired) electrons. The molecule has 1 amide bonds. The molecule has 0 bridgehead atoms. The molecule has 0 aliphatic carbocycles. The fourth-order valence-corrected chi connectivity index (χ4v) is 3.14. The van der Waals surface area contributed by atoms with Crippen LogP contribution in [-0.4, -0.2) is 37.6 Å². The number of H-pyrrole nitrogens is 1. The molecule has 0 spiro atoms. The molecule has 2 heterocycles. The van der Waals surface area contributed by atoms with Crippen LogP contribution in [0.25, 0.3) is 22.6 Å². The van der Waals surface area contributed by atoms with Crippen molar-refractivity contribution < 1.29 is 9.90 Å². The summed E-state index contributed by atoms with van der Waals surface area (Å²) in [5.74, 6) is 5.78. The first-order chi connectivity index (χ1) is 15.2. The van der Waals surface area contributed by atoms with E-state index >= 15 is 0 Å². The van der Waals surface area contributed by atoms with Crippen LogP contribution in [0.2, 0.25) is 0 Å². The van der Waals surface area contributed by atoms with E-state index in [2.05, 4.69) is 42.4 Å². The zero-order chi connectivity index (χ0) is 21.6. The Hall–Kier alpha value is -4.22. The summed E-state index contributed by atoms with van der Waals surface area (Å²) in [6.07, 6.45) is 1.44. The lowest BCUT2D eigenvalue weighted by atomic mass is 10.1. The molecule has 8 nitrogen and oxygen atoms in total. The van der Waals surface area contributed by atoms with Gasteiger partial charge in [-0.05, 0) is 42.7 Å². The molecule has 1 atom stereocenters. The molecule has 0 aliphatic rings. The summed E-state index contributed by atoms with van der Waals surface area (Å²) in [5, 5.41) is 15.8. The number of hydrogen-bond acceptors (Lipinski definition) is 6. The van der Waals surface area contributed by atoms with Gasteiger partial charge in [0.2, 0.25) is 0 Å². The van der Waals surface area contributed by atoms with Crippen LogP contribution < -0.4 is 10.6 Å². The van der Waals surface area contributed by atoms with Gasteiger partial charge in [0.1, 0.15) is 12.2 Å². The third-order valence-corrected chi connectivity index (χ3v) is 4.63. The number of nitrogens with zero attached hydrogens (tertiary/aromatic N) is 3. The molecule has 154 valence electrons. The summed E-state index contributed by atoms with van der Waals surface area (Å²) < 4.78 is 0. The monoisotopic (exact) mass is 412 g/mol. The zero-order valence-electron chi connectivity index (χ0n) is 16.8. The first kappa shape index (κ1) is 20.1. The smallest absolute Gasteiger partial charge is 0.300 e. The van der Waals surface area contributed by atoms with Crippen molar-refractivity contribution in [1.29, 1.82) is 0 Å². The maximum atomic E-state index is 11.6. The highest BCUT2D eigenvalue weighted by atomic mass is 16.3. The lowest BCUT2D eigenvalue weighted by Crippen LogP contribution is -2.16. The standard InChI is InChI=1S/C23H20N6O2/c1-2-6-19(31)26-17-11-9-16(10-12-17)21-28-20-22(24-14-25-23(20)29-21)27-18(13-30)15-7-4-3-5-8-15/h3-5,7-12,14,18,30H,13H2,1H3,(H,26,31)(H2,24,25,27,28,29)/t18-/m1/s1. The summed E-state index contributed by atoms with van der Waals surface area (Å²) in [6.45, 7) is 1.52. The Kier molecular flexibility index (Phi) is 5.87. The van der Waals surface area contributed by atoms with Crippen LogP contribution >= 0.6 is 0 Å². The van der Waals surface area contributed by atoms with E-state index in [-0.39, 0.29) is 18.6 Å². The van der Waals surface area contributed by atoms with Gasteiger partial charge in [0.25, 0.3) is 5.91 Å². The number of carbonyl (C=O) groups is 1. The third kappa shape index (κ3) is 4.52. The molecule has 0 saturated carbocycles. The summed E-state index contributed by atoms with van der Waals surface area (Å²) >= 11 is 0. The minimum absolute atomic E-state index is 0.0949. The number of aromatic nitrogens is 4. The Bertz CT molecular complexity index is 1260. The number of imidazole rings is 1. The molecule has 4 aromatic rings. The maximum Gasteiger partial charge on any atom is 0.300 e. The van der Waals surface area contributed by atoms with Crippen molar-refractivity contribution in [2.75, 3.05) is 17.2 Å². The van der Waals surface area contributed by atoms with Gasteiger partial charge in [-0.1, -0.05) is 36.3 Å². The van der Waals surface area contributed by atoms with Gasteiger partial charge in [0.05, 0.1) is 12.6 Å². The SMILES string of the molecule is CC#CC(=O)Nc1ccc(-c2nc3c(N[C@H](CO)c4ccccc4)ncnc3[nH]2)cc1. The van der Waals surface area contributed by atoms with Gasteiger partial charge < -0.3 is 20.7 Å². The summed E-state index contributed by atoms with van der Waals surface area (Å²) in [4.78, 5) is 28.0. The average molecular weight is 412 g/mol. The van der Waals surface area contributed by atoms with Crippen LogP contribution in [0.3, 0.4) is 0 Å². The molecule has 0 aliphatic heterocycles. The molecule has 2 aromatic carbocycles. The van der Waals surface area contributed by atoms with E-state index in [0.717, 1.165) is 11.1 Å². The number of amides is 1. The van der Waals surface area contributed by atoms with Gasteiger partial charge in [-0.3, -0.25) is 4.79 Å². The van der Waals surface area contributed by atoms with Gasteiger partial charge in [-0.2, -0.15) is 0 Å². The molecule has 0 unspecified atom stereocenters. The van der Waals surface area contributed by atoms with Gasteiger partial charge >= 0.3 is 0 Å². The van der Waals surface area contributed by atoms with Gasteiger partial charge in [-0.25, -0.2) is 15.0 Å². The van der Waals surface area contributed by atoms with Gasteiger partial charge in [0.15, 0.2) is 17.0 Å². The second kappa shape index (κ2) is 9.07. The Morgan fingerprint density at radius 3 is 2.61 bits per heavy atom. The van der Waals surface area contributed by atoms with E-state index in [0.29, 0.717) is 28.5 Å². The topological polar surface area (TPSA) is 116 Å². The number of aromatic amines is 1. The van der Waals surface area contributed by atoms with E-state index in [1.807, 2.05) is 42.5 Å². The van der Waals surface area contributed by atoms with Crippen LogP contribution in [0, 0.1) is 11.8 Å². The highest BCUT2D eigenvalue weighted by molar-refractivity contribution is 6.04. The molecular formula is C23H20N6O2. The second-order valence-electron chi connectivity index (χ2n) is 6.70. The number of aliphatic hydroxyl groups excluding tert-OH is 1. The third-order valence-electron chi connectivity index (χ3n) is 4.63. The lowest BCUT2D eigenvalue weighted by molar-refractivity contribution is -0.111. The van der Waals surface area contributed by atoms with Crippen molar-refractivity contribution in [1.82, 2.24) is 19.9 Å². The molecule has 8 heteroatoms. The van der Waals surface area contributed by atoms with Crippen molar-refractivity contribution in [3.63, 3.8) is 0 Å². The maximum absolute atomic E-state index is 11.6. The zero-order valence-corrected chi connectivity index (χ0v) is 16.8. The van der Waals surface area contributed by atoms with E-state index in [9.17, 15) is 9.90 Å². The Morgan fingerprint density at radius 2 is 1.90 bits per heavy atom. The quantitative estimate of drug-likeness (QED) is 0.362. The number of aliphatic hydroxyl groups is 1. The van der Waals surface area contributed by atoms with E-state index < -0.39 is 0 Å². The molecule has 31 heavy (non-hydrogen) atoms. The highest BCUT2D eigenvalue weighted by Gasteiger charge is 2.16. The van der Waals surface area contributed by atoms with Crippen molar-refractivity contribution >= 4 is 28.6 Å². The van der Waals surface area contributed by atoms with Crippen LogP contribution in [-0.2, 0) is 4.79 Å². The number of rotatable bonds is 6. The van der Waals surface area contributed by atoms with Crippen LogP contribution in [0.5, 0.6) is 0 Å². The molecule has 4 N–H and O–H groups in total. The number of benzene rings is 2. The first-order valence-corrected chi connectivity index (χ1v) is 9.65. The minimum atomic E-state index is -0.359. The number of fused-ring (bicyclic) bond motifs is 1. The lowest BCUT2D eigenvalue weighted by Gasteiger charge is -2.17. The van der Waals surface area contributed by atoms with E-state index in [1.54, 1.807) is 19.1 Å². The molecule has 4 rings (SSSR count). The second-order valence-corrected chi connectivity index (χ2v) is 6.70. The first-order valence-electron chi connectivity index (χ1n) is 9.65. The number of nitrogens with one attached hydrogen (secondary N) is 3. The fraction of sp³-hybridized carbons (Fsp3) is 0.130. The molecule has 2 aromatic heterocycles. The Labute approximate surface area is 178 Å². The van der Waals surface area contributed by atoms with Crippen molar-refractivity contribution in [3.8, 4) is 23.2 Å². The predicted octanol–water partition coefficient (Wildman–Crippen LogP) is 3.13. The molecular weight excluding hydrogens is 392 g/mol. The molecule has 0 saturated heterocycles. The normalized spacial score (nSPS) is 11.4. The van der Waals surface area contributed by atoms with Crippen molar-refractivity contribution in [2.45, 2.75) is 13.0 Å². The average Bonchev–Trinajstić information content (AvgIpc) is 3.24. The van der Waals surface area contributed by atoms with Crippen molar-refractivity contribution in [3.05, 3.63) is 66.5 Å². The van der Waals surface area contributed by atoms with Gasteiger partial charge in [-0.15, -0.1) is 0 Å². The Morgan fingerprint density at radius 1 is 1.13 bits per heavy atom.